The Balaban J connectivity index is 0.000000163. The second kappa shape index (κ2) is 6.55. The van der Waals surface area contributed by atoms with Crippen LogP contribution in [0.3, 0.4) is 0 Å². The molecule has 2 aromatic carbocycles. The lowest BCUT2D eigenvalue weighted by Crippen LogP contribution is -1.85. The van der Waals surface area contributed by atoms with E-state index in [4.69, 9.17) is 4.74 Å². The molecule has 0 amide bonds. The Kier molecular flexibility index (Phi) is 4.51. The highest BCUT2D eigenvalue weighted by atomic mass is 16.5. The molecule has 19 heavy (non-hydrogen) atoms. The van der Waals surface area contributed by atoms with Gasteiger partial charge >= 0.3 is 0 Å². The first-order chi connectivity index (χ1) is 9.31. The Morgan fingerprint density at radius 1 is 0.842 bits per heavy atom. The fourth-order valence-corrected chi connectivity index (χ4v) is 1.78. The summed E-state index contributed by atoms with van der Waals surface area (Å²) < 4.78 is 5.16. The molecule has 1 heterocycles. The highest BCUT2D eigenvalue weighted by Crippen LogP contribution is 2.21. The average Bonchev–Trinajstić information content (AvgIpc) is 2.48. The van der Waals surface area contributed by atoms with Gasteiger partial charge in [0.25, 0.3) is 0 Å². The van der Waals surface area contributed by atoms with Crippen LogP contribution >= 0.6 is 0 Å². The van der Waals surface area contributed by atoms with E-state index in [1.54, 1.807) is 13.3 Å². The van der Waals surface area contributed by atoms with Gasteiger partial charge in [-0.05, 0) is 19.1 Å². The minimum absolute atomic E-state index is 0.827. The molecule has 96 valence electrons. The first-order valence-electron chi connectivity index (χ1n) is 6.20. The number of hydrogen-bond acceptors (Lipinski definition) is 2. The van der Waals surface area contributed by atoms with Crippen LogP contribution in [0, 0.1) is 6.92 Å². The monoisotopic (exact) mass is 251 g/mol. The second-order valence-corrected chi connectivity index (χ2v) is 4.19. The van der Waals surface area contributed by atoms with E-state index in [9.17, 15) is 0 Å². The lowest BCUT2D eigenvalue weighted by atomic mass is 10.2. The standard InChI is InChI=1S/C10H9NO.C7H8/c1-12-9-6-2-4-8-5-3-7-11-10(8)9;1-7-5-3-2-4-6-7/h2-7H,1H3;2-6H,1H3. The van der Waals surface area contributed by atoms with Crippen molar-refractivity contribution in [3.05, 3.63) is 72.4 Å². The summed E-state index contributed by atoms with van der Waals surface area (Å²) in [5.74, 6) is 0.827. The molecule has 0 fully saturated rings. The summed E-state index contributed by atoms with van der Waals surface area (Å²) in [6, 6.07) is 20.1. The van der Waals surface area contributed by atoms with Gasteiger partial charge in [0.05, 0.1) is 7.11 Å². The number of para-hydroxylation sites is 1. The van der Waals surface area contributed by atoms with Crippen LogP contribution in [0.1, 0.15) is 5.56 Å². The SMILES string of the molecule is COc1cccc2cccnc12.Cc1ccccc1. The van der Waals surface area contributed by atoms with Gasteiger partial charge in [0.15, 0.2) is 0 Å². The summed E-state index contributed by atoms with van der Waals surface area (Å²) in [7, 11) is 1.66. The number of hydrogen-bond donors (Lipinski definition) is 0. The van der Waals surface area contributed by atoms with Gasteiger partial charge in [-0.3, -0.25) is 4.98 Å². The lowest BCUT2D eigenvalue weighted by Gasteiger charge is -2.02. The van der Waals surface area contributed by atoms with Crippen LogP contribution in [0.15, 0.2) is 66.9 Å². The van der Waals surface area contributed by atoms with E-state index in [1.807, 2.05) is 48.5 Å². The number of benzene rings is 2. The molecule has 2 nitrogen and oxygen atoms in total. The first-order valence-corrected chi connectivity index (χ1v) is 6.20. The Hall–Kier alpha value is -2.35. The van der Waals surface area contributed by atoms with Crippen LogP contribution in [0.5, 0.6) is 5.75 Å². The molecule has 0 unspecified atom stereocenters. The number of rotatable bonds is 1. The van der Waals surface area contributed by atoms with Gasteiger partial charge in [-0.25, -0.2) is 0 Å². The highest BCUT2D eigenvalue weighted by molar-refractivity contribution is 5.84. The Morgan fingerprint density at radius 3 is 2.21 bits per heavy atom. The maximum absolute atomic E-state index is 5.16. The molecule has 0 spiro atoms. The molecular formula is C17H17NO. The van der Waals surface area contributed by atoms with Crippen LogP contribution in [0.4, 0.5) is 0 Å². The van der Waals surface area contributed by atoms with Gasteiger partial charge in [-0.15, -0.1) is 0 Å². The van der Waals surface area contributed by atoms with Crippen LogP contribution in [-0.4, -0.2) is 12.1 Å². The van der Waals surface area contributed by atoms with E-state index in [2.05, 4.69) is 24.0 Å². The third kappa shape index (κ3) is 3.55. The van der Waals surface area contributed by atoms with Gasteiger partial charge in [0.2, 0.25) is 0 Å². The maximum atomic E-state index is 5.16. The van der Waals surface area contributed by atoms with Crippen molar-refractivity contribution in [2.24, 2.45) is 0 Å². The van der Waals surface area contributed by atoms with Gasteiger partial charge in [0, 0.05) is 11.6 Å². The zero-order valence-corrected chi connectivity index (χ0v) is 11.2. The lowest BCUT2D eigenvalue weighted by molar-refractivity contribution is 0.419. The number of fused-ring (bicyclic) bond motifs is 1. The van der Waals surface area contributed by atoms with E-state index in [0.29, 0.717) is 0 Å². The molecule has 0 atom stereocenters. The topological polar surface area (TPSA) is 22.1 Å². The van der Waals surface area contributed by atoms with Crippen molar-refractivity contribution in [1.82, 2.24) is 4.98 Å². The van der Waals surface area contributed by atoms with E-state index in [1.165, 1.54) is 5.56 Å². The Morgan fingerprint density at radius 2 is 1.58 bits per heavy atom. The molecule has 0 bridgehead atoms. The van der Waals surface area contributed by atoms with Crippen LogP contribution < -0.4 is 4.74 Å². The number of pyridine rings is 1. The van der Waals surface area contributed by atoms with Crippen LogP contribution in [0.25, 0.3) is 10.9 Å². The van der Waals surface area contributed by atoms with Gasteiger partial charge in [-0.1, -0.05) is 54.1 Å². The highest BCUT2D eigenvalue weighted by Gasteiger charge is 1.98. The molecular weight excluding hydrogens is 234 g/mol. The zero-order valence-electron chi connectivity index (χ0n) is 11.2. The molecule has 0 aliphatic rings. The van der Waals surface area contributed by atoms with E-state index < -0.39 is 0 Å². The van der Waals surface area contributed by atoms with E-state index in [-0.39, 0.29) is 0 Å². The number of methoxy groups -OCH3 is 1. The van der Waals surface area contributed by atoms with E-state index >= 15 is 0 Å². The molecule has 2 heteroatoms. The maximum Gasteiger partial charge on any atom is 0.145 e. The molecule has 0 aliphatic carbocycles. The summed E-state index contributed by atoms with van der Waals surface area (Å²) in [4.78, 5) is 4.23. The minimum Gasteiger partial charge on any atom is -0.494 e. The largest absolute Gasteiger partial charge is 0.494 e. The molecule has 3 aromatic rings. The molecule has 0 saturated heterocycles. The smallest absolute Gasteiger partial charge is 0.145 e. The number of nitrogens with zero attached hydrogens (tertiary/aromatic N) is 1. The fraction of sp³-hybridized carbons (Fsp3) is 0.118. The summed E-state index contributed by atoms with van der Waals surface area (Å²) in [5, 5.41) is 1.11. The third-order valence-electron chi connectivity index (χ3n) is 2.76. The quantitative estimate of drug-likeness (QED) is 0.645. The van der Waals surface area contributed by atoms with Crippen LogP contribution in [-0.2, 0) is 0 Å². The number of aromatic nitrogens is 1. The van der Waals surface area contributed by atoms with Crippen molar-refractivity contribution in [3.63, 3.8) is 0 Å². The molecule has 0 saturated carbocycles. The first kappa shape index (κ1) is 13.1. The minimum atomic E-state index is 0.827. The summed E-state index contributed by atoms with van der Waals surface area (Å²) in [5.41, 5.74) is 2.24. The molecule has 0 aliphatic heterocycles. The molecule has 0 radical (unpaired) electrons. The van der Waals surface area contributed by atoms with Crippen molar-refractivity contribution in [2.45, 2.75) is 6.92 Å². The number of ether oxygens (including phenoxy) is 1. The predicted octanol–water partition coefficient (Wildman–Crippen LogP) is 4.24. The molecule has 0 N–H and O–H groups in total. The average molecular weight is 251 g/mol. The van der Waals surface area contributed by atoms with E-state index in [0.717, 1.165) is 16.7 Å². The second-order valence-electron chi connectivity index (χ2n) is 4.19. The van der Waals surface area contributed by atoms with Crippen molar-refractivity contribution in [1.29, 1.82) is 0 Å². The Labute approximate surface area is 113 Å². The van der Waals surface area contributed by atoms with Crippen molar-refractivity contribution in [3.8, 4) is 5.75 Å². The van der Waals surface area contributed by atoms with Crippen molar-refractivity contribution >= 4 is 10.9 Å². The summed E-state index contributed by atoms with van der Waals surface area (Å²) in [6.07, 6.45) is 1.77. The fourth-order valence-electron chi connectivity index (χ4n) is 1.78. The van der Waals surface area contributed by atoms with Gasteiger partial charge in [0.1, 0.15) is 11.3 Å². The third-order valence-corrected chi connectivity index (χ3v) is 2.76. The molecule has 3 rings (SSSR count). The summed E-state index contributed by atoms with van der Waals surface area (Å²) in [6.45, 7) is 2.08. The number of aryl methyl sites for hydroxylation is 1. The van der Waals surface area contributed by atoms with Gasteiger partial charge in [-0.2, -0.15) is 0 Å². The normalized spacial score (nSPS) is 9.58. The van der Waals surface area contributed by atoms with Gasteiger partial charge < -0.3 is 4.74 Å². The summed E-state index contributed by atoms with van der Waals surface area (Å²) >= 11 is 0. The van der Waals surface area contributed by atoms with Crippen LogP contribution in [0.2, 0.25) is 0 Å². The zero-order chi connectivity index (χ0) is 13.5. The molecule has 1 aromatic heterocycles. The van der Waals surface area contributed by atoms with Crippen molar-refractivity contribution in [2.75, 3.05) is 7.11 Å². The predicted molar refractivity (Wildman–Crippen MR) is 79.5 cm³/mol. The van der Waals surface area contributed by atoms with Crippen molar-refractivity contribution < 1.29 is 4.74 Å². The Bertz CT molecular complexity index is 630.